The Kier molecular flexibility index (Phi) is 7.42. The van der Waals surface area contributed by atoms with Gasteiger partial charge in [-0.25, -0.2) is 0 Å². The second kappa shape index (κ2) is 10.3. The number of imide groups is 1. The van der Waals surface area contributed by atoms with E-state index in [0.717, 1.165) is 16.7 Å². The molecule has 180 valence electrons. The first-order chi connectivity index (χ1) is 16.7. The Morgan fingerprint density at radius 1 is 1.00 bits per heavy atom. The van der Waals surface area contributed by atoms with Crippen molar-refractivity contribution in [2.75, 3.05) is 7.11 Å². The lowest BCUT2D eigenvalue weighted by Crippen LogP contribution is -2.27. The number of ether oxygens (including phenoxy) is 1. The van der Waals surface area contributed by atoms with Crippen LogP contribution in [0.1, 0.15) is 11.1 Å². The Hall–Kier alpha value is -2.98. The summed E-state index contributed by atoms with van der Waals surface area (Å²) in [5, 5.41) is 0.272. The van der Waals surface area contributed by atoms with Crippen molar-refractivity contribution >= 4 is 62.3 Å². The summed E-state index contributed by atoms with van der Waals surface area (Å²) >= 11 is 12.8. The normalized spacial score (nSPS) is 15.1. The molecular weight excluding hydrogens is 533 g/mol. The minimum Gasteiger partial charge on any atom is -0.493 e. The molecule has 0 saturated carbocycles. The van der Waals surface area contributed by atoms with E-state index in [1.807, 2.05) is 0 Å². The molecule has 0 unspecified atom stereocenters. The van der Waals surface area contributed by atoms with E-state index < -0.39 is 21.3 Å². The fourth-order valence-corrected chi connectivity index (χ4v) is 5.52. The summed E-state index contributed by atoms with van der Waals surface area (Å²) < 4.78 is 36.4. The summed E-state index contributed by atoms with van der Waals surface area (Å²) in [6, 6.07) is 17.1. The van der Waals surface area contributed by atoms with Crippen LogP contribution in [0.5, 0.6) is 11.5 Å². The smallest absolute Gasteiger partial charge is 0.339 e. The number of hydrogen-bond acceptors (Lipinski definition) is 7. The van der Waals surface area contributed by atoms with Gasteiger partial charge in [-0.2, -0.15) is 8.42 Å². The number of nitrogens with zero attached hydrogens (tertiary/aromatic N) is 1. The van der Waals surface area contributed by atoms with E-state index in [0.29, 0.717) is 15.6 Å². The monoisotopic (exact) mass is 549 g/mol. The molecule has 0 radical (unpaired) electrons. The molecule has 1 heterocycles. The molecule has 3 aromatic carbocycles. The van der Waals surface area contributed by atoms with Crippen LogP contribution in [0.2, 0.25) is 10.0 Å². The van der Waals surface area contributed by atoms with Gasteiger partial charge in [0.1, 0.15) is 4.90 Å². The largest absolute Gasteiger partial charge is 0.493 e. The molecule has 4 rings (SSSR count). The Morgan fingerprint density at radius 3 is 2.43 bits per heavy atom. The molecule has 0 aromatic heterocycles. The van der Waals surface area contributed by atoms with Crippen molar-refractivity contribution < 1.29 is 26.9 Å². The highest BCUT2D eigenvalue weighted by Crippen LogP contribution is 2.39. The third kappa shape index (κ3) is 5.48. The van der Waals surface area contributed by atoms with Crippen molar-refractivity contribution in [1.82, 2.24) is 4.90 Å². The molecule has 1 fully saturated rings. The number of halogens is 2. The van der Waals surface area contributed by atoms with Gasteiger partial charge in [0.2, 0.25) is 0 Å². The molecule has 0 N–H and O–H groups in total. The maximum atomic E-state index is 13.0. The average molecular weight is 550 g/mol. The minimum atomic E-state index is -4.19. The summed E-state index contributed by atoms with van der Waals surface area (Å²) in [4.78, 5) is 26.7. The number of carbonyl (C=O) groups excluding carboxylic acids is 2. The summed E-state index contributed by atoms with van der Waals surface area (Å²) in [6.07, 6.45) is 1.40. The van der Waals surface area contributed by atoms with Crippen molar-refractivity contribution in [1.29, 1.82) is 0 Å². The van der Waals surface area contributed by atoms with Gasteiger partial charge in [0, 0.05) is 15.6 Å². The van der Waals surface area contributed by atoms with Gasteiger partial charge >= 0.3 is 10.1 Å². The molecule has 2 amide bonds. The molecule has 7 nitrogen and oxygen atoms in total. The standard InChI is InChI=1S/C24H17Cl2NO6S2/c1-32-20-9-5-6-15(22(20)33-35(30,31)18-7-3-2-4-8-18)12-21-23(28)27(24(29)34-21)14-16-10-11-17(25)13-19(16)26/h2-13H,14H2,1H3/b21-12-. The van der Waals surface area contributed by atoms with Crippen LogP contribution in [0.3, 0.4) is 0 Å². The highest BCUT2D eigenvalue weighted by Gasteiger charge is 2.36. The first kappa shape index (κ1) is 25.1. The first-order valence-corrected chi connectivity index (χ1v) is 13.0. The lowest BCUT2D eigenvalue weighted by atomic mass is 10.1. The zero-order valence-corrected chi connectivity index (χ0v) is 21.2. The van der Waals surface area contributed by atoms with Crippen molar-refractivity contribution in [3.8, 4) is 11.5 Å². The number of hydrogen-bond donors (Lipinski definition) is 0. The molecule has 1 aliphatic heterocycles. The van der Waals surface area contributed by atoms with Gasteiger partial charge in [-0.05, 0) is 53.7 Å². The SMILES string of the molecule is COc1cccc(/C=C2\SC(=O)N(Cc3ccc(Cl)cc3Cl)C2=O)c1OS(=O)(=O)c1ccccc1. The number of carbonyl (C=O) groups is 2. The van der Waals surface area contributed by atoms with Crippen LogP contribution in [0.25, 0.3) is 6.08 Å². The summed E-state index contributed by atoms with van der Waals surface area (Å²) in [7, 11) is -2.82. The lowest BCUT2D eigenvalue weighted by molar-refractivity contribution is -0.123. The van der Waals surface area contributed by atoms with E-state index in [1.165, 1.54) is 37.5 Å². The second-order valence-corrected chi connectivity index (χ2v) is 10.6. The van der Waals surface area contributed by atoms with Crippen LogP contribution in [0.4, 0.5) is 4.79 Å². The third-order valence-electron chi connectivity index (χ3n) is 4.96. The Bertz CT molecular complexity index is 1440. The van der Waals surface area contributed by atoms with Gasteiger partial charge in [-0.3, -0.25) is 14.5 Å². The zero-order chi connectivity index (χ0) is 25.2. The zero-order valence-electron chi connectivity index (χ0n) is 18.1. The summed E-state index contributed by atoms with van der Waals surface area (Å²) in [5.41, 5.74) is 0.804. The minimum absolute atomic E-state index is 0.0398. The van der Waals surface area contributed by atoms with E-state index in [2.05, 4.69) is 0 Å². The maximum Gasteiger partial charge on any atom is 0.339 e. The molecule has 0 atom stereocenters. The fraction of sp³-hybridized carbons (Fsp3) is 0.0833. The van der Waals surface area contributed by atoms with Crippen molar-refractivity contribution in [2.24, 2.45) is 0 Å². The topological polar surface area (TPSA) is 90.0 Å². The van der Waals surface area contributed by atoms with Crippen LogP contribution in [-0.4, -0.2) is 31.6 Å². The Balaban J connectivity index is 1.67. The fourth-order valence-electron chi connectivity index (χ4n) is 3.24. The second-order valence-electron chi connectivity index (χ2n) is 7.23. The molecule has 1 saturated heterocycles. The number of amides is 2. The molecule has 1 aliphatic rings. The Labute approximate surface area is 216 Å². The predicted molar refractivity (Wildman–Crippen MR) is 135 cm³/mol. The lowest BCUT2D eigenvalue weighted by Gasteiger charge is -2.14. The van der Waals surface area contributed by atoms with Crippen LogP contribution in [0, 0.1) is 0 Å². The highest BCUT2D eigenvalue weighted by atomic mass is 35.5. The van der Waals surface area contributed by atoms with Crippen LogP contribution < -0.4 is 8.92 Å². The van der Waals surface area contributed by atoms with Crippen molar-refractivity contribution in [3.63, 3.8) is 0 Å². The number of methoxy groups -OCH3 is 1. The average Bonchev–Trinajstić information content (AvgIpc) is 3.09. The van der Waals surface area contributed by atoms with Crippen LogP contribution >= 0.6 is 35.0 Å². The van der Waals surface area contributed by atoms with E-state index in [1.54, 1.807) is 42.5 Å². The number of benzene rings is 3. The van der Waals surface area contributed by atoms with Crippen LogP contribution in [-0.2, 0) is 21.5 Å². The van der Waals surface area contributed by atoms with E-state index in [-0.39, 0.29) is 33.4 Å². The number of para-hydroxylation sites is 1. The molecule has 0 spiro atoms. The van der Waals surface area contributed by atoms with Gasteiger partial charge in [-0.15, -0.1) is 0 Å². The van der Waals surface area contributed by atoms with Gasteiger partial charge in [0.05, 0.1) is 18.6 Å². The predicted octanol–water partition coefficient (Wildman–Crippen LogP) is 6.01. The van der Waals surface area contributed by atoms with Crippen LogP contribution in [0.15, 0.2) is 76.5 Å². The van der Waals surface area contributed by atoms with Gasteiger partial charge < -0.3 is 8.92 Å². The van der Waals surface area contributed by atoms with Gasteiger partial charge in [0.25, 0.3) is 11.1 Å². The first-order valence-electron chi connectivity index (χ1n) is 10.1. The molecular formula is C24H17Cl2NO6S2. The molecule has 0 aliphatic carbocycles. The number of rotatable bonds is 7. The molecule has 35 heavy (non-hydrogen) atoms. The van der Waals surface area contributed by atoms with E-state index in [9.17, 15) is 18.0 Å². The van der Waals surface area contributed by atoms with E-state index >= 15 is 0 Å². The molecule has 0 bridgehead atoms. The summed E-state index contributed by atoms with van der Waals surface area (Å²) in [5.74, 6) is -0.512. The number of thioether (sulfide) groups is 1. The van der Waals surface area contributed by atoms with E-state index in [4.69, 9.17) is 32.1 Å². The molecule has 11 heteroatoms. The Morgan fingerprint density at radius 2 is 1.74 bits per heavy atom. The van der Waals surface area contributed by atoms with Gasteiger partial charge in [-0.1, -0.05) is 59.6 Å². The van der Waals surface area contributed by atoms with Crippen molar-refractivity contribution in [3.05, 3.63) is 92.8 Å². The molecule has 3 aromatic rings. The van der Waals surface area contributed by atoms with Gasteiger partial charge in [0.15, 0.2) is 11.5 Å². The third-order valence-corrected chi connectivity index (χ3v) is 7.69. The highest BCUT2D eigenvalue weighted by molar-refractivity contribution is 8.18. The summed E-state index contributed by atoms with van der Waals surface area (Å²) in [6.45, 7) is -0.0398. The van der Waals surface area contributed by atoms with Crippen molar-refractivity contribution in [2.45, 2.75) is 11.4 Å². The maximum absolute atomic E-state index is 13.0. The quantitative estimate of drug-likeness (QED) is 0.263.